The lowest BCUT2D eigenvalue weighted by molar-refractivity contribution is -0.117. The van der Waals surface area contributed by atoms with Crippen LogP contribution >= 0.6 is 0 Å². The van der Waals surface area contributed by atoms with Crippen LogP contribution in [0.2, 0.25) is 0 Å². The molecule has 8 heteroatoms. The Bertz CT molecular complexity index is 941. The number of fused-ring (bicyclic) bond motifs is 1. The molecule has 0 radical (unpaired) electrons. The molecular weight excluding hydrogens is 376 g/mol. The molecule has 152 valence electrons. The van der Waals surface area contributed by atoms with E-state index in [2.05, 4.69) is 5.32 Å². The Morgan fingerprint density at radius 3 is 2.59 bits per heavy atom. The van der Waals surface area contributed by atoms with Crippen LogP contribution in [0.1, 0.15) is 23.2 Å². The zero-order valence-corrected chi connectivity index (χ0v) is 16.3. The monoisotopic (exact) mass is 398 g/mol. The summed E-state index contributed by atoms with van der Waals surface area (Å²) >= 11 is 0. The molecule has 0 saturated carbocycles. The minimum Gasteiger partial charge on any atom is -0.494 e. The number of hydrogen-bond acceptors (Lipinski definition) is 6. The summed E-state index contributed by atoms with van der Waals surface area (Å²) in [6, 6.07) is 8.46. The molecule has 4 rings (SSSR count). The topological polar surface area (TPSA) is 86.3 Å². The number of ether oxygens (including phenoxy) is 4. The van der Waals surface area contributed by atoms with Crippen molar-refractivity contribution < 1.29 is 28.5 Å². The fraction of sp³-hybridized carbons (Fsp3) is 0.333. The van der Waals surface area contributed by atoms with Crippen molar-refractivity contribution in [3.05, 3.63) is 35.9 Å². The summed E-state index contributed by atoms with van der Waals surface area (Å²) in [6.45, 7) is 1.51. The van der Waals surface area contributed by atoms with Gasteiger partial charge in [0.2, 0.25) is 11.7 Å². The fourth-order valence-electron chi connectivity index (χ4n) is 3.49. The molecule has 2 aliphatic heterocycles. The molecule has 1 saturated heterocycles. The first-order valence-electron chi connectivity index (χ1n) is 9.38. The van der Waals surface area contributed by atoms with Crippen molar-refractivity contribution in [3.63, 3.8) is 0 Å². The van der Waals surface area contributed by atoms with Crippen molar-refractivity contribution in [3.8, 4) is 23.0 Å². The lowest BCUT2D eigenvalue weighted by atomic mass is 10.1. The first-order valence-corrected chi connectivity index (χ1v) is 9.38. The van der Waals surface area contributed by atoms with Gasteiger partial charge >= 0.3 is 0 Å². The van der Waals surface area contributed by atoms with E-state index in [-0.39, 0.29) is 11.8 Å². The van der Waals surface area contributed by atoms with Gasteiger partial charge in [0.05, 0.1) is 19.9 Å². The highest BCUT2D eigenvalue weighted by atomic mass is 16.6. The minimum absolute atomic E-state index is 0.0726. The van der Waals surface area contributed by atoms with Crippen molar-refractivity contribution >= 4 is 23.2 Å². The first-order chi connectivity index (χ1) is 14.1. The van der Waals surface area contributed by atoms with Gasteiger partial charge in [0.15, 0.2) is 11.5 Å². The lowest BCUT2D eigenvalue weighted by Gasteiger charge is -2.21. The number of anilines is 2. The Morgan fingerprint density at radius 2 is 1.86 bits per heavy atom. The zero-order valence-electron chi connectivity index (χ0n) is 16.3. The van der Waals surface area contributed by atoms with Crippen molar-refractivity contribution in [2.75, 3.05) is 44.2 Å². The third-order valence-corrected chi connectivity index (χ3v) is 4.89. The number of carbonyl (C=O) groups is 2. The van der Waals surface area contributed by atoms with E-state index in [4.69, 9.17) is 18.9 Å². The van der Waals surface area contributed by atoms with E-state index in [0.717, 1.165) is 6.42 Å². The average molecular weight is 398 g/mol. The SMILES string of the molecule is COc1cc(NC(=O)c2cc(OC)c3c(c2)OCCO3)ccc1N1CCCC1=O. The maximum Gasteiger partial charge on any atom is 0.255 e. The number of rotatable bonds is 5. The van der Waals surface area contributed by atoms with Crippen LogP contribution in [0.5, 0.6) is 23.0 Å². The van der Waals surface area contributed by atoms with Gasteiger partial charge in [-0.25, -0.2) is 0 Å². The van der Waals surface area contributed by atoms with E-state index in [1.165, 1.54) is 14.2 Å². The highest BCUT2D eigenvalue weighted by Crippen LogP contribution is 2.40. The molecule has 1 fully saturated rings. The Balaban J connectivity index is 1.58. The molecule has 1 N–H and O–H groups in total. The lowest BCUT2D eigenvalue weighted by Crippen LogP contribution is -2.24. The van der Waals surface area contributed by atoms with Crippen LogP contribution in [-0.4, -0.2) is 45.8 Å². The number of carbonyl (C=O) groups excluding carboxylic acids is 2. The van der Waals surface area contributed by atoms with Crippen LogP contribution < -0.4 is 29.2 Å². The highest BCUT2D eigenvalue weighted by Gasteiger charge is 2.25. The van der Waals surface area contributed by atoms with E-state index in [1.54, 1.807) is 35.2 Å². The molecule has 2 heterocycles. The number of hydrogen-bond donors (Lipinski definition) is 1. The van der Waals surface area contributed by atoms with E-state index >= 15 is 0 Å². The van der Waals surface area contributed by atoms with Crippen molar-refractivity contribution in [1.29, 1.82) is 0 Å². The fourth-order valence-corrected chi connectivity index (χ4v) is 3.49. The van der Waals surface area contributed by atoms with Crippen molar-refractivity contribution in [2.45, 2.75) is 12.8 Å². The van der Waals surface area contributed by atoms with Gasteiger partial charge in [-0.05, 0) is 30.7 Å². The van der Waals surface area contributed by atoms with Crippen LogP contribution in [-0.2, 0) is 4.79 Å². The maximum absolute atomic E-state index is 12.8. The van der Waals surface area contributed by atoms with Gasteiger partial charge in [-0.15, -0.1) is 0 Å². The van der Waals surface area contributed by atoms with E-state index in [0.29, 0.717) is 66.1 Å². The quantitative estimate of drug-likeness (QED) is 0.834. The second-order valence-corrected chi connectivity index (χ2v) is 6.69. The normalized spacial score (nSPS) is 15.2. The summed E-state index contributed by atoms with van der Waals surface area (Å²) in [5.74, 6) is 1.68. The van der Waals surface area contributed by atoms with Gasteiger partial charge in [-0.3, -0.25) is 9.59 Å². The van der Waals surface area contributed by atoms with Gasteiger partial charge in [0.1, 0.15) is 19.0 Å². The molecule has 0 aromatic heterocycles. The molecule has 0 bridgehead atoms. The second-order valence-electron chi connectivity index (χ2n) is 6.69. The van der Waals surface area contributed by atoms with Gasteiger partial charge in [-0.2, -0.15) is 0 Å². The number of methoxy groups -OCH3 is 2. The smallest absolute Gasteiger partial charge is 0.255 e. The number of nitrogens with zero attached hydrogens (tertiary/aromatic N) is 1. The predicted octanol–water partition coefficient (Wildman–Crippen LogP) is 2.85. The Morgan fingerprint density at radius 1 is 1.07 bits per heavy atom. The summed E-state index contributed by atoms with van der Waals surface area (Å²) in [7, 11) is 3.05. The average Bonchev–Trinajstić information content (AvgIpc) is 3.18. The second kappa shape index (κ2) is 7.90. The highest BCUT2D eigenvalue weighted by molar-refractivity contribution is 6.05. The van der Waals surface area contributed by atoms with Crippen LogP contribution in [0.15, 0.2) is 30.3 Å². The van der Waals surface area contributed by atoms with Crippen molar-refractivity contribution in [1.82, 2.24) is 0 Å². The molecule has 0 atom stereocenters. The van der Waals surface area contributed by atoms with Gasteiger partial charge in [-0.1, -0.05) is 0 Å². The Hall–Kier alpha value is -3.42. The van der Waals surface area contributed by atoms with E-state index in [1.807, 2.05) is 0 Å². The molecular formula is C21H22N2O6. The van der Waals surface area contributed by atoms with Gasteiger partial charge < -0.3 is 29.2 Å². The first kappa shape index (κ1) is 18.9. The van der Waals surface area contributed by atoms with Crippen LogP contribution in [0.4, 0.5) is 11.4 Å². The molecule has 2 amide bonds. The predicted molar refractivity (Wildman–Crippen MR) is 107 cm³/mol. The number of nitrogens with one attached hydrogen (secondary N) is 1. The summed E-state index contributed by atoms with van der Waals surface area (Å²) < 4.78 is 21.9. The summed E-state index contributed by atoms with van der Waals surface area (Å²) in [4.78, 5) is 26.5. The number of benzene rings is 2. The summed E-state index contributed by atoms with van der Waals surface area (Å²) in [5.41, 5.74) is 1.63. The molecule has 2 aliphatic rings. The molecule has 0 aliphatic carbocycles. The van der Waals surface area contributed by atoms with Gasteiger partial charge in [0, 0.05) is 30.3 Å². The van der Waals surface area contributed by atoms with Crippen LogP contribution in [0.3, 0.4) is 0 Å². The Labute approximate surface area is 168 Å². The van der Waals surface area contributed by atoms with Gasteiger partial charge in [0.25, 0.3) is 5.91 Å². The largest absolute Gasteiger partial charge is 0.494 e. The zero-order chi connectivity index (χ0) is 20.4. The maximum atomic E-state index is 12.8. The molecule has 2 aromatic carbocycles. The molecule has 8 nitrogen and oxygen atoms in total. The van der Waals surface area contributed by atoms with E-state index < -0.39 is 0 Å². The van der Waals surface area contributed by atoms with E-state index in [9.17, 15) is 9.59 Å². The third-order valence-electron chi connectivity index (χ3n) is 4.89. The molecule has 0 spiro atoms. The molecule has 0 unspecified atom stereocenters. The summed E-state index contributed by atoms with van der Waals surface area (Å²) in [5, 5.41) is 2.85. The minimum atomic E-state index is -0.327. The number of amides is 2. The van der Waals surface area contributed by atoms with Crippen molar-refractivity contribution in [2.24, 2.45) is 0 Å². The third kappa shape index (κ3) is 3.65. The summed E-state index contributed by atoms with van der Waals surface area (Å²) in [6.07, 6.45) is 1.36. The Kier molecular flexibility index (Phi) is 5.16. The standard InChI is InChI=1S/C21H22N2O6/c1-26-16-12-14(5-6-15(16)23-7-3-4-19(23)24)22-21(25)13-10-17(27-2)20-18(11-13)28-8-9-29-20/h5-6,10-12H,3-4,7-9H2,1-2H3,(H,22,25). The van der Waals surface area contributed by atoms with Crippen LogP contribution in [0, 0.1) is 0 Å². The molecule has 2 aromatic rings. The molecule has 29 heavy (non-hydrogen) atoms. The van der Waals surface area contributed by atoms with Crippen LogP contribution in [0.25, 0.3) is 0 Å².